The van der Waals surface area contributed by atoms with Gasteiger partial charge in [0, 0.05) is 38.7 Å². The maximum Gasteiger partial charge on any atom is 0.253 e. The SMILES string of the molecule is COCCNC(=O)C(NC(=O)CC(C)C)C1CCN(C(=O)c2cccc(OC)c2)CC1. The lowest BCUT2D eigenvalue weighted by molar-refractivity contribution is -0.131. The number of piperidine rings is 1. The standard InChI is InChI=1S/C23H35N3O5/c1-16(2)14-20(27)25-21(22(28)24-10-13-30-3)17-8-11-26(12-9-17)23(29)18-6-5-7-19(15-18)31-4/h5-7,15-17,21H,8-14H2,1-4H3,(H,24,28)(H,25,27). The zero-order chi connectivity index (χ0) is 22.8. The second-order valence-corrected chi connectivity index (χ2v) is 8.29. The van der Waals surface area contributed by atoms with E-state index in [4.69, 9.17) is 9.47 Å². The highest BCUT2D eigenvalue weighted by atomic mass is 16.5. The van der Waals surface area contributed by atoms with Crippen molar-refractivity contribution in [2.45, 2.75) is 39.2 Å². The molecule has 0 radical (unpaired) electrons. The van der Waals surface area contributed by atoms with Crippen LogP contribution in [0.4, 0.5) is 0 Å². The van der Waals surface area contributed by atoms with Crippen molar-refractivity contribution in [3.63, 3.8) is 0 Å². The molecule has 1 saturated heterocycles. The van der Waals surface area contributed by atoms with Gasteiger partial charge in [0.15, 0.2) is 0 Å². The molecule has 1 aliphatic rings. The average Bonchev–Trinajstić information content (AvgIpc) is 2.76. The Kier molecular flexibility index (Phi) is 9.78. The molecule has 1 heterocycles. The number of amides is 3. The van der Waals surface area contributed by atoms with Crippen molar-refractivity contribution in [3.8, 4) is 5.75 Å². The van der Waals surface area contributed by atoms with Gasteiger partial charge in [-0.1, -0.05) is 19.9 Å². The predicted molar refractivity (Wildman–Crippen MR) is 118 cm³/mol. The summed E-state index contributed by atoms with van der Waals surface area (Å²) in [7, 11) is 3.14. The summed E-state index contributed by atoms with van der Waals surface area (Å²) in [6.45, 7) is 5.79. The van der Waals surface area contributed by atoms with E-state index in [2.05, 4.69) is 10.6 Å². The predicted octanol–water partition coefficient (Wildman–Crippen LogP) is 1.84. The number of hydrogen-bond acceptors (Lipinski definition) is 5. The molecule has 0 bridgehead atoms. The summed E-state index contributed by atoms with van der Waals surface area (Å²) < 4.78 is 10.2. The normalized spacial score (nSPS) is 15.5. The largest absolute Gasteiger partial charge is 0.497 e. The minimum atomic E-state index is -0.614. The molecule has 2 rings (SSSR count). The molecule has 0 aliphatic carbocycles. The van der Waals surface area contributed by atoms with E-state index < -0.39 is 6.04 Å². The van der Waals surface area contributed by atoms with Gasteiger partial charge in [0.05, 0.1) is 13.7 Å². The van der Waals surface area contributed by atoms with Crippen molar-refractivity contribution in [2.24, 2.45) is 11.8 Å². The fourth-order valence-corrected chi connectivity index (χ4v) is 3.76. The zero-order valence-corrected chi connectivity index (χ0v) is 19.0. The van der Waals surface area contributed by atoms with Crippen LogP contribution in [0.1, 0.15) is 43.5 Å². The van der Waals surface area contributed by atoms with Gasteiger partial charge in [0.2, 0.25) is 11.8 Å². The molecule has 3 amide bonds. The number of nitrogens with zero attached hydrogens (tertiary/aromatic N) is 1. The first-order valence-electron chi connectivity index (χ1n) is 10.8. The second-order valence-electron chi connectivity index (χ2n) is 8.29. The Morgan fingerprint density at radius 3 is 2.48 bits per heavy atom. The molecule has 172 valence electrons. The topological polar surface area (TPSA) is 97.0 Å². The molecule has 2 N–H and O–H groups in total. The fourth-order valence-electron chi connectivity index (χ4n) is 3.76. The third-order valence-electron chi connectivity index (χ3n) is 5.41. The molecule has 0 saturated carbocycles. The van der Waals surface area contributed by atoms with Crippen molar-refractivity contribution in [2.75, 3.05) is 40.5 Å². The van der Waals surface area contributed by atoms with Crippen LogP contribution in [0.2, 0.25) is 0 Å². The monoisotopic (exact) mass is 433 g/mol. The minimum absolute atomic E-state index is 0.0342. The van der Waals surface area contributed by atoms with E-state index in [-0.39, 0.29) is 29.6 Å². The number of benzene rings is 1. The van der Waals surface area contributed by atoms with Gasteiger partial charge in [0.25, 0.3) is 5.91 Å². The van der Waals surface area contributed by atoms with Gasteiger partial charge in [-0.25, -0.2) is 0 Å². The second kappa shape index (κ2) is 12.3. The lowest BCUT2D eigenvalue weighted by atomic mass is 9.88. The summed E-state index contributed by atoms with van der Waals surface area (Å²) in [6, 6.07) is 6.48. The van der Waals surface area contributed by atoms with E-state index in [1.54, 1.807) is 43.4 Å². The van der Waals surface area contributed by atoms with Gasteiger partial charge >= 0.3 is 0 Å². The van der Waals surface area contributed by atoms with E-state index in [0.29, 0.717) is 56.8 Å². The molecular formula is C23H35N3O5. The number of ether oxygens (including phenoxy) is 2. The molecule has 1 aliphatic heterocycles. The van der Waals surface area contributed by atoms with Gasteiger partial charge in [-0.2, -0.15) is 0 Å². The quantitative estimate of drug-likeness (QED) is 0.549. The Balaban J connectivity index is 2.01. The minimum Gasteiger partial charge on any atom is -0.497 e. The van der Waals surface area contributed by atoms with Crippen molar-refractivity contribution < 1.29 is 23.9 Å². The molecule has 1 aromatic rings. The highest BCUT2D eigenvalue weighted by Gasteiger charge is 2.34. The number of likely N-dealkylation sites (tertiary alicyclic amines) is 1. The zero-order valence-electron chi connectivity index (χ0n) is 19.0. The van der Waals surface area contributed by atoms with Gasteiger partial charge in [0.1, 0.15) is 11.8 Å². The van der Waals surface area contributed by atoms with Gasteiger partial charge in [-0.15, -0.1) is 0 Å². The van der Waals surface area contributed by atoms with E-state index >= 15 is 0 Å². The highest BCUT2D eigenvalue weighted by molar-refractivity contribution is 5.94. The molecule has 8 heteroatoms. The average molecular weight is 434 g/mol. The maximum atomic E-state index is 12.9. The lowest BCUT2D eigenvalue weighted by Gasteiger charge is -2.36. The van der Waals surface area contributed by atoms with Crippen molar-refractivity contribution in [3.05, 3.63) is 29.8 Å². The number of hydrogen-bond donors (Lipinski definition) is 2. The number of rotatable bonds is 10. The molecule has 31 heavy (non-hydrogen) atoms. The van der Waals surface area contributed by atoms with Crippen LogP contribution >= 0.6 is 0 Å². The van der Waals surface area contributed by atoms with E-state index in [1.807, 2.05) is 13.8 Å². The first kappa shape index (κ1) is 24.7. The summed E-state index contributed by atoms with van der Waals surface area (Å²) in [5.41, 5.74) is 0.580. The summed E-state index contributed by atoms with van der Waals surface area (Å²) in [5.74, 6) is 0.430. The molecular weight excluding hydrogens is 398 g/mol. The summed E-state index contributed by atoms with van der Waals surface area (Å²) in [4.78, 5) is 39.8. The van der Waals surface area contributed by atoms with Crippen LogP contribution in [0.5, 0.6) is 5.75 Å². The Labute approximate surface area is 184 Å². The molecule has 1 aromatic carbocycles. The van der Waals surface area contributed by atoms with E-state index in [1.165, 1.54) is 0 Å². The van der Waals surface area contributed by atoms with Crippen LogP contribution in [-0.4, -0.2) is 69.1 Å². The van der Waals surface area contributed by atoms with Gasteiger partial charge in [-0.05, 0) is 42.9 Å². The number of carbonyl (C=O) groups is 3. The van der Waals surface area contributed by atoms with Crippen LogP contribution in [0.15, 0.2) is 24.3 Å². The van der Waals surface area contributed by atoms with Crippen LogP contribution in [0.3, 0.4) is 0 Å². The molecule has 1 atom stereocenters. The van der Waals surface area contributed by atoms with Crippen LogP contribution in [0.25, 0.3) is 0 Å². The Morgan fingerprint density at radius 1 is 1.16 bits per heavy atom. The Hall–Kier alpha value is -2.61. The van der Waals surface area contributed by atoms with E-state index in [0.717, 1.165) is 0 Å². The molecule has 0 aromatic heterocycles. The van der Waals surface area contributed by atoms with Crippen molar-refractivity contribution in [1.82, 2.24) is 15.5 Å². The Bertz CT molecular complexity index is 744. The Morgan fingerprint density at radius 2 is 1.87 bits per heavy atom. The molecule has 0 spiro atoms. The lowest BCUT2D eigenvalue weighted by Crippen LogP contribution is -2.54. The van der Waals surface area contributed by atoms with Gasteiger partial charge < -0.3 is 25.0 Å². The van der Waals surface area contributed by atoms with E-state index in [9.17, 15) is 14.4 Å². The van der Waals surface area contributed by atoms with Gasteiger partial charge in [-0.3, -0.25) is 14.4 Å². The van der Waals surface area contributed by atoms with Crippen LogP contribution < -0.4 is 15.4 Å². The molecule has 8 nitrogen and oxygen atoms in total. The first-order chi connectivity index (χ1) is 14.8. The third-order valence-corrected chi connectivity index (χ3v) is 5.41. The maximum absolute atomic E-state index is 12.9. The number of methoxy groups -OCH3 is 2. The summed E-state index contributed by atoms with van der Waals surface area (Å²) in [6.07, 6.45) is 1.65. The molecule has 1 unspecified atom stereocenters. The van der Waals surface area contributed by atoms with Crippen molar-refractivity contribution in [1.29, 1.82) is 0 Å². The van der Waals surface area contributed by atoms with Crippen LogP contribution in [-0.2, 0) is 14.3 Å². The third kappa shape index (κ3) is 7.54. The molecule has 1 fully saturated rings. The number of nitrogens with one attached hydrogen (secondary N) is 2. The van der Waals surface area contributed by atoms with Crippen LogP contribution in [0, 0.1) is 11.8 Å². The van der Waals surface area contributed by atoms with Crippen molar-refractivity contribution >= 4 is 17.7 Å². The smallest absolute Gasteiger partial charge is 0.253 e. The number of carbonyl (C=O) groups excluding carboxylic acids is 3. The summed E-state index contributed by atoms with van der Waals surface area (Å²) in [5, 5.41) is 5.76. The fraction of sp³-hybridized carbons (Fsp3) is 0.609. The summed E-state index contributed by atoms with van der Waals surface area (Å²) >= 11 is 0. The first-order valence-corrected chi connectivity index (χ1v) is 10.8. The highest BCUT2D eigenvalue weighted by Crippen LogP contribution is 2.24.